The molecule has 2 N–H and O–H groups in total. The Morgan fingerprint density at radius 2 is 1.95 bits per heavy atom. The second-order valence-electron chi connectivity index (χ2n) is 5.42. The monoisotopic (exact) mass is 324 g/mol. The maximum atomic E-state index is 12.0. The van der Waals surface area contributed by atoms with Crippen molar-refractivity contribution in [1.29, 1.82) is 0 Å². The molecule has 1 unspecified atom stereocenters. The Balaban J connectivity index is 1.91. The predicted octanol–water partition coefficient (Wildman–Crippen LogP) is 0.386. The minimum absolute atomic E-state index is 0.182. The molecule has 1 aromatic carbocycles. The summed E-state index contributed by atoms with van der Waals surface area (Å²) >= 11 is 0. The summed E-state index contributed by atoms with van der Waals surface area (Å²) in [6.45, 7) is 0.595. The molecule has 2 rings (SSSR count). The first kappa shape index (κ1) is 16.5. The molecule has 1 aromatic rings. The van der Waals surface area contributed by atoms with E-state index in [2.05, 4.69) is 10.6 Å². The van der Waals surface area contributed by atoms with Gasteiger partial charge in [-0.15, -0.1) is 0 Å². The number of carbonyl (C=O) groups is 2. The highest BCUT2D eigenvalue weighted by Crippen LogP contribution is 2.08. The van der Waals surface area contributed by atoms with E-state index in [4.69, 9.17) is 0 Å². The van der Waals surface area contributed by atoms with Gasteiger partial charge in [-0.3, -0.25) is 9.59 Å². The van der Waals surface area contributed by atoms with E-state index in [1.165, 1.54) is 0 Å². The molecule has 0 spiro atoms. The van der Waals surface area contributed by atoms with E-state index in [1.54, 1.807) is 30.3 Å². The van der Waals surface area contributed by atoms with Crippen molar-refractivity contribution in [2.75, 3.05) is 12.3 Å². The summed E-state index contributed by atoms with van der Waals surface area (Å²) < 4.78 is 24.1. The average molecular weight is 324 g/mol. The lowest BCUT2D eigenvalue weighted by Crippen LogP contribution is -2.47. The van der Waals surface area contributed by atoms with Crippen LogP contribution in [0.25, 0.3) is 0 Å². The Morgan fingerprint density at radius 1 is 1.23 bits per heavy atom. The zero-order valence-corrected chi connectivity index (χ0v) is 13.1. The second-order valence-corrected chi connectivity index (χ2v) is 7.49. The van der Waals surface area contributed by atoms with Gasteiger partial charge in [0, 0.05) is 6.54 Å². The lowest BCUT2D eigenvalue weighted by atomic mass is 10.1. The molecule has 1 aliphatic heterocycles. The van der Waals surface area contributed by atoms with E-state index < -0.39 is 27.5 Å². The van der Waals surface area contributed by atoms with Crippen molar-refractivity contribution in [2.45, 2.75) is 31.1 Å². The second kappa shape index (κ2) is 7.40. The van der Waals surface area contributed by atoms with Crippen molar-refractivity contribution in [3.8, 4) is 0 Å². The average Bonchev–Trinajstić information content (AvgIpc) is 2.64. The lowest BCUT2D eigenvalue weighted by Gasteiger charge is -2.15. The van der Waals surface area contributed by atoms with Crippen LogP contribution in [-0.4, -0.2) is 38.6 Å². The number of nitrogens with one attached hydrogen (secondary N) is 2. The number of hydrogen-bond donors (Lipinski definition) is 2. The number of sulfone groups is 1. The van der Waals surface area contributed by atoms with Crippen molar-refractivity contribution in [3.05, 3.63) is 35.9 Å². The molecular formula is C15H20N2O4S. The summed E-state index contributed by atoms with van der Waals surface area (Å²) in [5.41, 5.74) is 0.641. The van der Waals surface area contributed by atoms with Crippen LogP contribution in [0, 0.1) is 0 Å². The van der Waals surface area contributed by atoms with E-state index in [1.807, 2.05) is 0 Å². The van der Waals surface area contributed by atoms with Crippen molar-refractivity contribution in [3.63, 3.8) is 0 Å². The summed E-state index contributed by atoms with van der Waals surface area (Å²) in [6.07, 6.45) is 2.22. The lowest BCUT2D eigenvalue weighted by molar-refractivity contribution is -0.127. The molecular weight excluding hydrogens is 304 g/mol. The standard InChI is InChI=1S/C15H20N2O4S/c18-14(17-13-8-4-5-9-16-15(13)19)11-22(20,21)10-12-6-2-1-3-7-12/h1-3,6-7,13H,4-5,8-11H2,(H,16,19)(H,17,18). The maximum Gasteiger partial charge on any atom is 0.242 e. The molecule has 0 bridgehead atoms. The highest BCUT2D eigenvalue weighted by molar-refractivity contribution is 7.91. The van der Waals surface area contributed by atoms with Crippen LogP contribution in [0.3, 0.4) is 0 Å². The van der Waals surface area contributed by atoms with Gasteiger partial charge in [-0.1, -0.05) is 30.3 Å². The molecule has 1 atom stereocenters. The highest BCUT2D eigenvalue weighted by atomic mass is 32.2. The van der Waals surface area contributed by atoms with E-state index >= 15 is 0 Å². The molecule has 2 amide bonds. The van der Waals surface area contributed by atoms with Gasteiger partial charge in [0.1, 0.15) is 11.8 Å². The first-order valence-electron chi connectivity index (χ1n) is 7.28. The van der Waals surface area contributed by atoms with E-state index in [0.29, 0.717) is 18.5 Å². The SMILES string of the molecule is O=C(CS(=O)(=O)Cc1ccccc1)NC1CCCCNC1=O. The van der Waals surface area contributed by atoms with Gasteiger partial charge in [0.25, 0.3) is 0 Å². The molecule has 22 heavy (non-hydrogen) atoms. The summed E-state index contributed by atoms with van der Waals surface area (Å²) in [6, 6.07) is 8.07. The fourth-order valence-corrected chi connectivity index (χ4v) is 3.68. The normalized spacial score (nSPS) is 19.1. The summed E-state index contributed by atoms with van der Waals surface area (Å²) in [5, 5.41) is 5.22. The summed E-state index contributed by atoms with van der Waals surface area (Å²) in [5.74, 6) is -1.66. The molecule has 0 radical (unpaired) electrons. The van der Waals surface area contributed by atoms with Crippen molar-refractivity contribution in [1.82, 2.24) is 10.6 Å². The van der Waals surface area contributed by atoms with Crippen molar-refractivity contribution >= 4 is 21.7 Å². The zero-order valence-electron chi connectivity index (χ0n) is 12.2. The van der Waals surface area contributed by atoms with Crippen LogP contribution < -0.4 is 10.6 Å². The van der Waals surface area contributed by atoms with Crippen LogP contribution in [-0.2, 0) is 25.2 Å². The molecule has 1 aliphatic rings. The summed E-state index contributed by atoms with van der Waals surface area (Å²) in [4.78, 5) is 23.6. The Labute approximate surface area is 130 Å². The van der Waals surface area contributed by atoms with Crippen LogP contribution in [0.15, 0.2) is 30.3 Å². The molecule has 120 valence electrons. The van der Waals surface area contributed by atoms with Crippen LogP contribution in [0.1, 0.15) is 24.8 Å². The Bertz CT molecular complexity index is 628. The summed E-state index contributed by atoms with van der Waals surface area (Å²) in [7, 11) is -3.55. The number of carbonyl (C=O) groups excluding carboxylic acids is 2. The van der Waals surface area contributed by atoms with E-state index in [-0.39, 0.29) is 11.7 Å². The van der Waals surface area contributed by atoms with Crippen LogP contribution in [0.5, 0.6) is 0 Å². The first-order chi connectivity index (χ1) is 10.5. The molecule has 6 nitrogen and oxygen atoms in total. The minimum Gasteiger partial charge on any atom is -0.354 e. The van der Waals surface area contributed by atoms with Gasteiger partial charge in [0.2, 0.25) is 11.8 Å². The van der Waals surface area contributed by atoms with Gasteiger partial charge in [-0.25, -0.2) is 8.42 Å². The smallest absolute Gasteiger partial charge is 0.242 e. The fourth-order valence-electron chi connectivity index (χ4n) is 2.39. The minimum atomic E-state index is -3.55. The fraction of sp³-hybridized carbons (Fsp3) is 0.467. The van der Waals surface area contributed by atoms with Gasteiger partial charge in [0.15, 0.2) is 9.84 Å². The number of hydrogen-bond acceptors (Lipinski definition) is 4. The topological polar surface area (TPSA) is 92.3 Å². The molecule has 0 aromatic heterocycles. The van der Waals surface area contributed by atoms with Gasteiger partial charge < -0.3 is 10.6 Å². The molecule has 1 saturated heterocycles. The molecule has 0 aliphatic carbocycles. The van der Waals surface area contributed by atoms with Gasteiger partial charge in [-0.2, -0.15) is 0 Å². The Morgan fingerprint density at radius 3 is 2.68 bits per heavy atom. The first-order valence-corrected chi connectivity index (χ1v) is 9.10. The Kier molecular flexibility index (Phi) is 5.54. The predicted molar refractivity (Wildman–Crippen MR) is 82.7 cm³/mol. The highest BCUT2D eigenvalue weighted by Gasteiger charge is 2.25. The quantitative estimate of drug-likeness (QED) is 0.819. The van der Waals surface area contributed by atoms with Crippen LogP contribution >= 0.6 is 0 Å². The van der Waals surface area contributed by atoms with Crippen LogP contribution in [0.2, 0.25) is 0 Å². The molecule has 1 fully saturated rings. The largest absolute Gasteiger partial charge is 0.354 e. The van der Waals surface area contributed by atoms with Crippen molar-refractivity contribution < 1.29 is 18.0 Å². The van der Waals surface area contributed by atoms with Crippen LogP contribution in [0.4, 0.5) is 0 Å². The molecule has 7 heteroatoms. The Hall–Kier alpha value is -1.89. The zero-order chi connectivity index (χ0) is 16.0. The van der Waals surface area contributed by atoms with Gasteiger partial charge in [-0.05, 0) is 24.8 Å². The van der Waals surface area contributed by atoms with Gasteiger partial charge in [0.05, 0.1) is 5.75 Å². The maximum absolute atomic E-state index is 12.0. The molecule has 0 saturated carbocycles. The van der Waals surface area contributed by atoms with Gasteiger partial charge >= 0.3 is 0 Å². The third-order valence-electron chi connectivity index (χ3n) is 3.45. The third-order valence-corrected chi connectivity index (χ3v) is 4.93. The van der Waals surface area contributed by atoms with E-state index in [9.17, 15) is 18.0 Å². The number of benzene rings is 1. The van der Waals surface area contributed by atoms with E-state index in [0.717, 1.165) is 12.8 Å². The number of rotatable bonds is 5. The van der Waals surface area contributed by atoms with Crippen molar-refractivity contribution in [2.24, 2.45) is 0 Å². The molecule has 1 heterocycles. The third kappa shape index (κ3) is 5.14. The number of amides is 2.